The van der Waals surface area contributed by atoms with Crippen molar-refractivity contribution in [3.63, 3.8) is 0 Å². The predicted molar refractivity (Wildman–Crippen MR) is 203 cm³/mol. The Labute approximate surface area is 325 Å². The second-order valence-electron chi connectivity index (χ2n) is 15.7. The first-order valence-electron chi connectivity index (χ1n) is 20.0. The summed E-state index contributed by atoms with van der Waals surface area (Å²) < 4.78 is 10.6. The van der Waals surface area contributed by atoms with Crippen LogP contribution in [-0.2, 0) is 32.3 Å². The third-order valence-corrected chi connectivity index (χ3v) is 10.2. The monoisotopic (exact) mass is 775 g/mol. The SMILES string of the molecule is CN(C)CC(=O)NCc1noc([C@H](CCCC2CCCCC2)CC(=O)NO)n1.CN(C)CC(=O)NCc1noc([C@H](CCCC2CCCCC2)CC(=O)O)n1. The molecule has 2 heterocycles. The molecule has 0 bridgehead atoms. The fourth-order valence-corrected chi connectivity index (χ4v) is 7.42. The topological polar surface area (TPSA) is 229 Å². The van der Waals surface area contributed by atoms with Gasteiger partial charge < -0.3 is 34.6 Å². The van der Waals surface area contributed by atoms with Crippen molar-refractivity contribution in [2.45, 2.75) is 141 Å². The number of aliphatic carboxylic acids is 1. The number of carboxylic acid groups (broad SMARTS) is 1. The molecular weight excluding hydrogens is 710 g/mol. The Bertz CT molecular complexity index is 1420. The van der Waals surface area contributed by atoms with Gasteiger partial charge in [-0.1, -0.05) is 100 Å². The van der Waals surface area contributed by atoms with Crippen molar-refractivity contribution in [2.75, 3.05) is 41.3 Å². The standard InChI is InChI=1S/C19H33N5O4.C19H32N4O4/c1-24(2)13-18(26)20-12-16-21-19(28-23-16)15(11-17(25)22-27)10-6-9-14-7-4-3-5-8-14;1-23(2)13-17(24)20-12-16-21-19(27-22-16)15(11-18(25)26)10-6-9-14-7-4-3-5-8-14/h14-15,27H,3-13H2,1-2H3,(H,20,26)(H,22,25);14-15H,3-13H2,1-2H3,(H,20,24)(H,25,26)/t2*15-/m11/s1. The summed E-state index contributed by atoms with van der Waals surface area (Å²) in [5.41, 5.74) is 1.68. The van der Waals surface area contributed by atoms with Crippen LogP contribution in [0.2, 0.25) is 0 Å². The summed E-state index contributed by atoms with van der Waals surface area (Å²) >= 11 is 0. The fraction of sp³-hybridized carbons (Fsp3) is 0.789. The number of hydroxylamine groups is 1. The van der Waals surface area contributed by atoms with E-state index >= 15 is 0 Å². The number of hydrogen-bond acceptors (Lipinski definition) is 13. The maximum atomic E-state index is 11.7. The Kier molecular flexibility index (Phi) is 20.9. The largest absolute Gasteiger partial charge is 0.481 e. The molecule has 17 nitrogen and oxygen atoms in total. The molecule has 2 aromatic heterocycles. The van der Waals surface area contributed by atoms with Gasteiger partial charge in [-0.3, -0.25) is 24.4 Å². The maximum absolute atomic E-state index is 11.7. The zero-order chi connectivity index (χ0) is 40.0. The third-order valence-electron chi connectivity index (χ3n) is 10.2. The number of carbonyl (C=O) groups excluding carboxylic acids is 3. The molecule has 2 aliphatic rings. The molecule has 0 unspecified atom stereocenters. The second-order valence-corrected chi connectivity index (χ2v) is 15.7. The number of rotatable bonds is 22. The number of nitrogens with one attached hydrogen (secondary N) is 3. The van der Waals surface area contributed by atoms with Gasteiger partial charge in [0.2, 0.25) is 29.5 Å². The van der Waals surface area contributed by atoms with Gasteiger partial charge in [-0.05, 0) is 52.9 Å². The average Bonchev–Trinajstić information content (AvgIpc) is 3.83. The highest BCUT2D eigenvalue weighted by atomic mass is 16.5. The van der Waals surface area contributed by atoms with Crippen LogP contribution >= 0.6 is 0 Å². The van der Waals surface area contributed by atoms with Crippen molar-refractivity contribution in [1.29, 1.82) is 0 Å². The number of likely N-dealkylation sites (N-methyl/N-ethyl adjacent to an activating group) is 2. The summed E-state index contributed by atoms with van der Waals surface area (Å²) in [4.78, 5) is 58.5. The summed E-state index contributed by atoms with van der Waals surface area (Å²) in [6.07, 6.45) is 18.9. The highest BCUT2D eigenvalue weighted by Crippen LogP contribution is 2.32. The minimum absolute atomic E-state index is 0.0146. The van der Waals surface area contributed by atoms with Crippen molar-refractivity contribution in [3.8, 4) is 0 Å². The summed E-state index contributed by atoms with van der Waals surface area (Å²) in [5, 5.41) is 31.3. The first-order chi connectivity index (χ1) is 26.4. The minimum Gasteiger partial charge on any atom is -0.481 e. The van der Waals surface area contributed by atoms with E-state index in [9.17, 15) is 24.3 Å². The highest BCUT2D eigenvalue weighted by Gasteiger charge is 2.25. The van der Waals surface area contributed by atoms with E-state index in [1.54, 1.807) is 15.3 Å². The molecule has 2 aliphatic carbocycles. The van der Waals surface area contributed by atoms with E-state index in [0.29, 0.717) is 23.4 Å². The molecule has 2 aromatic rings. The molecule has 3 amide bonds. The first kappa shape index (κ1) is 45.4. The van der Waals surface area contributed by atoms with Crippen molar-refractivity contribution in [3.05, 3.63) is 23.4 Å². The lowest BCUT2D eigenvalue weighted by Gasteiger charge is -2.22. The zero-order valence-corrected chi connectivity index (χ0v) is 33.4. The molecule has 2 fully saturated rings. The first-order valence-corrected chi connectivity index (χ1v) is 20.0. The summed E-state index contributed by atoms with van der Waals surface area (Å²) in [7, 11) is 7.26. The van der Waals surface area contributed by atoms with E-state index in [0.717, 1.165) is 50.4 Å². The highest BCUT2D eigenvalue weighted by molar-refractivity contribution is 5.78. The van der Waals surface area contributed by atoms with Crippen LogP contribution in [-0.4, -0.2) is 105 Å². The lowest BCUT2D eigenvalue weighted by atomic mass is 9.84. The van der Waals surface area contributed by atoms with E-state index in [1.807, 2.05) is 28.2 Å². The normalized spacial score (nSPS) is 16.3. The average molecular weight is 776 g/mol. The summed E-state index contributed by atoms with van der Waals surface area (Å²) in [5.74, 6) is 0.935. The smallest absolute Gasteiger partial charge is 0.304 e. The van der Waals surface area contributed by atoms with E-state index in [-0.39, 0.29) is 62.7 Å². The molecule has 17 heteroatoms. The van der Waals surface area contributed by atoms with Gasteiger partial charge in [0.05, 0.1) is 32.6 Å². The van der Waals surface area contributed by atoms with Crippen molar-refractivity contribution in [1.82, 2.24) is 46.2 Å². The van der Waals surface area contributed by atoms with Crippen LogP contribution in [0, 0.1) is 11.8 Å². The molecule has 2 saturated carbocycles. The van der Waals surface area contributed by atoms with Gasteiger partial charge in [0.25, 0.3) is 0 Å². The minimum atomic E-state index is -0.864. The molecule has 310 valence electrons. The quantitative estimate of drug-likeness (QED) is 0.0818. The molecule has 0 aromatic carbocycles. The fourth-order valence-electron chi connectivity index (χ4n) is 7.42. The van der Waals surface area contributed by atoms with E-state index in [4.69, 9.17) is 14.3 Å². The molecule has 0 radical (unpaired) electrons. The lowest BCUT2D eigenvalue weighted by molar-refractivity contribution is -0.137. The molecule has 55 heavy (non-hydrogen) atoms. The van der Waals surface area contributed by atoms with Crippen LogP contribution < -0.4 is 16.1 Å². The molecular formula is C38H65N9O8. The summed E-state index contributed by atoms with van der Waals surface area (Å²) in [6, 6.07) is 0. The number of amides is 3. The second kappa shape index (κ2) is 25.2. The van der Waals surface area contributed by atoms with Crippen LogP contribution in [0.5, 0.6) is 0 Å². The Morgan fingerprint density at radius 2 is 1.09 bits per heavy atom. The van der Waals surface area contributed by atoms with E-state index in [1.165, 1.54) is 64.2 Å². The van der Waals surface area contributed by atoms with Crippen LogP contribution in [0.3, 0.4) is 0 Å². The third kappa shape index (κ3) is 19.0. The lowest BCUT2D eigenvalue weighted by Crippen LogP contribution is -2.33. The van der Waals surface area contributed by atoms with Crippen molar-refractivity contribution >= 4 is 23.7 Å². The maximum Gasteiger partial charge on any atom is 0.304 e. The Morgan fingerprint density at radius 3 is 1.47 bits per heavy atom. The molecule has 0 aliphatic heterocycles. The van der Waals surface area contributed by atoms with Crippen LogP contribution in [0.4, 0.5) is 0 Å². The van der Waals surface area contributed by atoms with Crippen LogP contribution in [0.25, 0.3) is 0 Å². The summed E-state index contributed by atoms with van der Waals surface area (Å²) in [6.45, 7) is 0.924. The van der Waals surface area contributed by atoms with Gasteiger partial charge in [-0.25, -0.2) is 5.48 Å². The van der Waals surface area contributed by atoms with Gasteiger partial charge in [-0.15, -0.1) is 0 Å². The number of carbonyl (C=O) groups is 4. The number of carboxylic acids is 1. The van der Waals surface area contributed by atoms with Gasteiger partial charge in [0.1, 0.15) is 0 Å². The van der Waals surface area contributed by atoms with Gasteiger partial charge in [0, 0.05) is 18.3 Å². The molecule has 0 saturated heterocycles. The zero-order valence-electron chi connectivity index (χ0n) is 33.4. The van der Waals surface area contributed by atoms with Crippen LogP contribution in [0.1, 0.15) is 151 Å². The molecule has 5 N–H and O–H groups in total. The Morgan fingerprint density at radius 1 is 0.673 bits per heavy atom. The van der Waals surface area contributed by atoms with E-state index < -0.39 is 11.9 Å². The molecule has 2 atom stereocenters. The van der Waals surface area contributed by atoms with Crippen molar-refractivity contribution in [2.24, 2.45) is 11.8 Å². The predicted octanol–water partition coefficient (Wildman–Crippen LogP) is 4.53. The van der Waals surface area contributed by atoms with E-state index in [2.05, 4.69) is 30.9 Å². The van der Waals surface area contributed by atoms with Crippen LogP contribution in [0.15, 0.2) is 9.05 Å². The van der Waals surface area contributed by atoms with Gasteiger partial charge in [0.15, 0.2) is 11.6 Å². The Balaban J connectivity index is 0.000000296. The molecule has 4 rings (SSSR count). The molecule has 0 spiro atoms. The van der Waals surface area contributed by atoms with Gasteiger partial charge in [-0.2, -0.15) is 9.97 Å². The van der Waals surface area contributed by atoms with Crippen molar-refractivity contribution < 1.29 is 38.5 Å². The number of aromatic nitrogens is 4. The van der Waals surface area contributed by atoms with Gasteiger partial charge >= 0.3 is 5.97 Å². The Hall–Kier alpha value is -3.96. The number of nitrogens with zero attached hydrogens (tertiary/aromatic N) is 6. The number of hydrogen-bond donors (Lipinski definition) is 5.